The van der Waals surface area contributed by atoms with Crippen LogP contribution in [0.2, 0.25) is 0 Å². The molecule has 0 unspecified atom stereocenters. The van der Waals surface area contributed by atoms with Gasteiger partial charge in [0.05, 0.1) is 7.05 Å². The van der Waals surface area contributed by atoms with Gasteiger partial charge < -0.3 is 4.42 Å². The van der Waals surface area contributed by atoms with E-state index in [1.165, 1.54) is 55.0 Å². The summed E-state index contributed by atoms with van der Waals surface area (Å²) < 4.78 is 10.8. The van der Waals surface area contributed by atoms with E-state index >= 15 is 0 Å². The minimum atomic E-state index is 0.936. The second-order valence-electron chi connectivity index (χ2n) is 9.02. The summed E-state index contributed by atoms with van der Waals surface area (Å²) in [6, 6.07) is 30.5. The maximum absolute atomic E-state index is 6.14. The van der Waals surface area contributed by atoms with E-state index in [-0.39, 0.29) is 0 Å². The minimum Gasteiger partial charge on any atom is -0.456 e. The first kappa shape index (κ1) is 18.5. The van der Waals surface area contributed by atoms with Gasteiger partial charge in [-0.15, -0.1) is 0 Å². The first-order valence-corrected chi connectivity index (χ1v) is 11.3. The van der Waals surface area contributed by atoms with Crippen LogP contribution in [0.25, 0.3) is 60.2 Å². The van der Waals surface area contributed by atoms with Crippen molar-refractivity contribution in [3.63, 3.8) is 0 Å². The van der Waals surface area contributed by atoms with Crippen molar-refractivity contribution in [2.24, 2.45) is 7.05 Å². The minimum absolute atomic E-state index is 0.936. The van der Waals surface area contributed by atoms with E-state index in [1.807, 2.05) is 12.1 Å². The first-order valence-electron chi connectivity index (χ1n) is 11.3. The smallest absolute Gasteiger partial charge is 0.259 e. The third kappa shape index (κ3) is 2.48. The largest absolute Gasteiger partial charge is 0.456 e. The maximum Gasteiger partial charge on any atom is 0.259 e. The van der Waals surface area contributed by atoms with Crippen LogP contribution >= 0.6 is 0 Å². The van der Waals surface area contributed by atoms with Gasteiger partial charge >= 0.3 is 0 Å². The fraction of sp³-hybridized carbons (Fsp3) is 0.100. The molecule has 0 aliphatic heterocycles. The van der Waals surface area contributed by atoms with Crippen LogP contribution in [0.1, 0.15) is 11.4 Å². The zero-order chi connectivity index (χ0) is 22.3. The molecule has 7 rings (SSSR count). The maximum atomic E-state index is 6.14. The SMILES string of the molecule is Cc1ccccc1-n1c(C)[n+](C)c2cc3ccc4cc5oc6ccccc6c5cc4c3cc21. The molecule has 0 aliphatic carbocycles. The van der Waals surface area contributed by atoms with Crippen molar-refractivity contribution in [1.82, 2.24) is 4.57 Å². The number of furan rings is 1. The Bertz CT molecular complexity index is 1900. The number of hydrogen-bond acceptors (Lipinski definition) is 1. The van der Waals surface area contributed by atoms with Crippen LogP contribution in [0.4, 0.5) is 0 Å². The summed E-state index contributed by atoms with van der Waals surface area (Å²) in [5, 5.41) is 7.30. The molecule has 0 N–H and O–H groups in total. The molecule has 0 spiro atoms. The molecule has 2 aromatic heterocycles. The Morgan fingerprint density at radius 2 is 1.39 bits per heavy atom. The number of aromatic nitrogens is 2. The van der Waals surface area contributed by atoms with Gasteiger partial charge in [-0.25, -0.2) is 4.57 Å². The van der Waals surface area contributed by atoms with Gasteiger partial charge in [-0.1, -0.05) is 48.5 Å². The zero-order valence-electron chi connectivity index (χ0n) is 18.9. The van der Waals surface area contributed by atoms with E-state index < -0.39 is 0 Å². The molecule has 0 amide bonds. The van der Waals surface area contributed by atoms with Crippen molar-refractivity contribution in [3.05, 3.63) is 96.3 Å². The summed E-state index contributed by atoms with van der Waals surface area (Å²) in [7, 11) is 2.15. The van der Waals surface area contributed by atoms with Crippen molar-refractivity contribution in [2.75, 3.05) is 0 Å². The quantitative estimate of drug-likeness (QED) is 0.199. The molecule has 5 aromatic carbocycles. The molecule has 3 nitrogen and oxygen atoms in total. The summed E-state index contributed by atoms with van der Waals surface area (Å²) >= 11 is 0. The Kier molecular flexibility index (Phi) is 3.61. The average molecular weight is 428 g/mol. The summed E-state index contributed by atoms with van der Waals surface area (Å²) in [6.07, 6.45) is 0. The Morgan fingerprint density at radius 3 is 2.24 bits per heavy atom. The van der Waals surface area contributed by atoms with E-state index in [1.54, 1.807) is 0 Å². The monoisotopic (exact) mass is 427 g/mol. The molecule has 0 bridgehead atoms. The topological polar surface area (TPSA) is 21.9 Å². The highest BCUT2D eigenvalue weighted by atomic mass is 16.3. The van der Waals surface area contributed by atoms with Crippen LogP contribution in [0, 0.1) is 13.8 Å². The number of aryl methyl sites for hydroxylation is 2. The lowest BCUT2D eigenvalue weighted by molar-refractivity contribution is -0.652. The molecule has 0 aliphatic rings. The second kappa shape index (κ2) is 6.46. The van der Waals surface area contributed by atoms with Gasteiger partial charge in [0.15, 0.2) is 11.0 Å². The lowest BCUT2D eigenvalue weighted by Crippen LogP contribution is -2.30. The molecule has 0 atom stereocenters. The van der Waals surface area contributed by atoms with Crippen molar-refractivity contribution < 1.29 is 8.98 Å². The van der Waals surface area contributed by atoms with Gasteiger partial charge in [0.25, 0.3) is 5.82 Å². The molecular weight excluding hydrogens is 404 g/mol. The van der Waals surface area contributed by atoms with E-state index in [2.05, 4.69) is 103 Å². The van der Waals surface area contributed by atoms with Crippen LogP contribution < -0.4 is 4.57 Å². The van der Waals surface area contributed by atoms with E-state index in [4.69, 9.17) is 4.42 Å². The highest BCUT2D eigenvalue weighted by Crippen LogP contribution is 2.36. The number of hydrogen-bond donors (Lipinski definition) is 0. The Morgan fingerprint density at radius 1 is 0.667 bits per heavy atom. The lowest BCUT2D eigenvalue weighted by atomic mass is 9.99. The third-order valence-electron chi connectivity index (χ3n) is 7.20. The van der Waals surface area contributed by atoms with Crippen molar-refractivity contribution in [1.29, 1.82) is 0 Å². The van der Waals surface area contributed by atoms with Crippen LogP contribution in [0.5, 0.6) is 0 Å². The van der Waals surface area contributed by atoms with Crippen molar-refractivity contribution >= 4 is 54.5 Å². The molecule has 3 heteroatoms. The molecule has 7 aromatic rings. The van der Waals surface area contributed by atoms with E-state index in [0.717, 1.165) is 16.6 Å². The number of rotatable bonds is 1. The van der Waals surface area contributed by atoms with Crippen molar-refractivity contribution in [2.45, 2.75) is 13.8 Å². The lowest BCUT2D eigenvalue weighted by Gasteiger charge is -2.06. The van der Waals surface area contributed by atoms with Crippen LogP contribution in [-0.2, 0) is 7.05 Å². The number of imidazole rings is 1. The Balaban J connectivity index is 1.63. The molecule has 33 heavy (non-hydrogen) atoms. The third-order valence-corrected chi connectivity index (χ3v) is 7.20. The molecule has 0 radical (unpaired) electrons. The standard InChI is InChI=1S/C30H23N2O/c1-18-8-4-6-10-26(18)32-19(2)31(3)27-14-20-12-13-21-15-30-25(16-23(21)24(20)17-28(27)32)22-9-5-7-11-29(22)33-30/h4-17H,1-3H3/q+1. The number of benzene rings is 5. The highest BCUT2D eigenvalue weighted by Gasteiger charge is 2.23. The molecule has 2 heterocycles. The zero-order valence-corrected chi connectivity index (χ0v) is 18.9. The summed E-state index contributed by atoms with van der Waals surface area (Å²) in [5.74, 6) is 1.21. The van der Waals surface area contributed by atoms with Crippen LogP contribution in [-0.4, -0.2) is 4.57 Å². The highest BCUT2D eigenvalue weighted by molar-refractivity contribution is 6.17. The van der Waals surface area contributed by atoms with Gasteiger partial charge in [-0.05, 0) is 70.4 Å². The average Bonchev–Trinajstić information content (AvgIpc) is 3.31. The number of nitrogens with zero attached hydrogens (tertiary/aromatic N) is 2. The van der Waals surface area contributed by atoms with Crippen molar-refractivity contribution in [3.8, 4) is 5.69 Å². The first-order chi connectivity index (χ1) is 16.1. The van der Waals surface area contributed by atoms with Gasteiger partial charge in [-0.3, -0.25) is 0 Å². The van der Waals surface area contributed by atoms with Crippen LogP contribution in [0.3, 0.4) is 0 Å². The molecule has 0 saturated heterocycles. The van der Waals surface area contributed by atoms with Gasteiger partial charge in [0, 0.05) is 17.7 Å². The van der Waals surface area contributed by atoms with E-state index in [0.29, 0.717) is 0 Å². The van der Waals surface area contributed by atoms with Gasteiger partial charge in [0.2, 0.25) is 0 Å². The summed E-state index contributed by atoms with van der Waals surface area (Å²) in [5.41, 5.74) is 6.82. The number of fused-ring (bicyclic) bond motifs is 7. The summed E-state index contributed by atoms with van der Waals surface area (Å²) in [6.45, 7) is 4.37. The normalized spacial score (nSPS) is 12.1. The fourth-order valence-corrected chi connectivity index (χ4v) is 5.37. The predicted molar refractivity (Wildman–Crippen MR) is 136 cm³/mol. The van der Waals surface area contributed by atoms with Crippen LogP contribution in [0.15, 0.2) is 89.3 Å². The van der Waals surface area contributed by atoms with Gasteiger partial charge in [0.1, 0.15) is 16.9 Å². The molecule has 0 fully saturated rings. The van der Waals surface area contributed by atoms with E-state index in [9.17, 15) is 0 Å². The molecule has 158 valence electrons. The summed E-state index contributed by atoms with van der Waals surface area (Å²) in [4.78, 5) is 0. The fourth-order valence-electron chi connectivity index (χ4n) is 5.37. The molecule has 0 saturated carbocycles. The number of para-hydroxylation sites is 2. The predicted octanol–water partition coefficient (Wildman–Crippen LogP) is 7.28. The molecular formula is C30H23N2O+. The Hall–Kier alpha value is -4.11. The second-order valence-corrected chi connectivity index (χ2v) is 9.02. The van der Waals surface area contributed by atoms with Gasteiger partial charge in [-0.2, -0.15) is 4.57 Å². The Labute approximate surface area is 191 Å².